The number of carbonyl (C=O) groups is 2. The third kappa shape index (κ3) is 5.25. The minimum absolute atomic E-state index is 0.0896. The summed E-state index contributed by atoms with van der Waals surface area (Å²) in [7, 11) is 0. The van der Waals surface area contributed by atoms with E-state index in [0.29, 0.717) is 13.0 Å². The normalized spacial score (nSPS) is 21.1. The van der Waals surface area contributed by atoms with Crippen molar-refractivity contribution in [3.63, 3.8) is 0 Å². The molecule has 1 heterocycles. The lowest BCUT2D eigenvalue weighted by molar-refractivity contribution is -0.138. The molecule has 1 amide bonds. The highest BCUT2D eigenvalue weighted by Gasteiger charge is 2.41. The van der Waals surface area contributed by atoms with Gasteiger partial charge in [-0.1, -0.05) is 37.3 Å². The predicted molar refractivity (Wildman–Crippen MR) is 86.1 cm³/mol. The van der Waals surface area contributed by atoms with Crippen molar-refractivity contribution in [2.75, 3.05) is 19.6 Å². The van der Waals surface area contributed by atoms with Crippen LogP contribution in [0, 0.1) is 0 Å². The van der Waals surface area contributed by atoms with Crippen molar-refractivity contribution in [2.45, 2.75) is 38.3 Å². The molecule has 1 atom stereocenters. The number of carboxylic acid groups (broad SMARTS) is 1. The zero-order valence-corrected chi connectivity index (χ0v) is 13.5. The molecule has 0 aliphatic carbocycles. The summed E-state index contributed by atoms with van der Waals surface area (Å²) >= 11 is 0. The lowest BCUT2D eigenvalue weighted by Crippen LogP contribution is -2.52. The van der Waals surface area contributed by atoms with Crippen molar-refractivity contribution in [3.05, 3.63) is 35.9 Å². The number of carbonyl (C=O) groups excluding carboxylic acids is 1. The quantitative estimate of drug-likeness (QED) is 0.805. The van der Waals surface area contributed by atoms with Gasteiger partial charge in [-0.3, -0.25) is 4.79 Å². The van der Waals surface area contributed by atoms with E-state index in [1.165, 1.54) is 0 Å². The highest BCUT2D eigenvalue weighted by Crippen LogP contribution is 2.25. The molecule has 0 saturated carbocycles. The topological polar surface area (TPSA) is 78.9 Å². The van der Waals surface area contributed by atoms with E-state index in [1.54, 1.807) is 0 Å². The van der Waals surface area contributed by atoms with E-state index in [-0.39, 0.29) is 13.0 Å². The number of carboxylic acids is 1. The molecular formula is C17H24N2O4. The van der Waals surface area contributed by atoms with Crippen LogP contribution >= 0.6 is 0 Å². The van der Waals surface area contributed by atoms with Gasteiger partial charge in [0, 0.05) is 13.1 Å². The molecule has 2 N–H and O–H groups in total. The first-order valence-electron chi connectivity index (χ1n) is 7.96. The Labute approximate surface area is 136 Å². The third-order valence-corrected chi connectivity index (χ3v) is 4.04. The number of hydrogen-bond donors (Lipinski definition) is 2. The first-order valence-corrected chi connectivity index (χ1v) is 7.96. The largest absolute Gasteiger partial charge is 0.481 e. The fraction of sp³-hybridized carbons (Fsp3) is 0.529. The molecule has 6 heteroatoms. The number of alkyl carbamates (subject to hydrolysis) is 1. The maximum Gasteiger partial charge on any atom is 0.407 e. The summed E-state index contributed by atoms with van der Waals surface area (Å²) in [5.74, 6) is -0.910. The van der Waals surface area contributed by atoms with Crippen LogP contribution in [0.4, 0.5) is 4.79 Å². The summed E-state index contributed by atoms with van der Waals surface area (Å²) < 4.78 is 5.23. The zero-order chi connectivity index (χ0) is 16.7. The Hall–Kier alpha value is -2.08. The molecule has 1 saturated heterocycles. The lowest BCUT2D eigenvalue weighted by atomic mass is 9.94. The molecule has 0 spiro atoms. The second-order valence-electron chi connectivity index (χ2n) is 6.06. The molecule has 126 valence electrons. The van der Waals surface area contributed by atoms with E-state index in [4.69, 9.17) is 9.84 Å². The fourth-order valence-electron chi connectivity index (χ4n) is 3.02. The maximum absolute atomic E-state index is 12.1. The standard InChI is InChI=1S/C17H24N2O4/c1-2-9-19-10-8-17(13-19,11-15(20)21)18-16(22)23-12-14-6-4-3-5-7-14/h3-7H,2,8-13H2,1H3,(H,18,22)(H,20,21). The SMILES string of the molecule is CCCN1CCC(CC(=O)O)(NC(=O)OCc2ccccc2)C1. The number of nitrogens with zero attached hydrogens (tertiary/aromatic N) is 1. The highest BCUT2D eigenvalue weighted by atomic mass is 16.5. The van der Waals surface area contributed by atoms with Gasteiger partial charge in [0.2, 0.25) is 0 Å². The van der Waals surface area contributed by atoms with Crippen LogP contribution in [0.15, 0.2) is 30.3 Å². The van der Waals surface area contributed by atoms with Crippen LogP contribution in [0.25, 0.3) is 0 Å². The molecular weight excluding hydrogens is 296 g/mol. The summed E-state index contributed by atoms with van der Waals surface area (Å²) in [6, 6.07) is 9.40. The Bertz CT molecular complexity index is 535. The monoisotopic (exact) mass is 320 g/mol. The van der Waals surface area contributed by atoms with Gasteiger partial charge in [-0.2, -0.15) is 0 Å². The molecule has 1 unspecified atom stereocenters. The van der Waals surface area contributed by atoms with Crippen molar-refractivity contribution >= 4 is 12.1 Å². The molecule has 0 bridgehead atoms. The van der Waals surface area contributed by atoms with Crippen molar-refractivity contribution in [3.8, 4) is 0 Å². The number of ether oxygens (including phenoxy) is 1. The van der Waals surface area contributed by atoms with Crippen LogP contribution in [-0.4, -0.2) is 47.2 Å². The summed E-state index contributed by atoms with van der Waals surface area (Å²) in [6.07, 6.45) is 0.975. The van der Waals surface area contributed by atoms with Crippen LogP contribution in [0.5, 0.6) is 0 Å². The Morgan fingerprint density at radius 1 is 1.35 bits per heavy atom. The van der Waals surface area contributed by atoms with Crippen LogP contribution < -0.4 is 5.32 Å². The van der Waals surface area contributed by atoms with E-state index >= 15 is 0 Å². The highest BCUT2D eigenvalue weighted by molar-refractivity contribution is 5.73. The minimum Gasteiger partial charge on any atom is -0.481 e. The number of likely N-dealkylation sites (tertiary alicyclic amines) is 1. The van der Waals surface area contributed by atoms with E-state index in [1.807, 2.05) is 30.3 Å². The van der Waals surface area contributed by atoms with Gasteiger partial charge < -0.3 is 20.1 Å². The van der Waals surface area contributed by atoms with Gasteiger partial charge in [0.1, 0.15) is 6.61 Å². The Morgan fingerprint density at radius 2 is 2.09 bits per heavy atom. The van der Waals surface area contributed by atoms with Gasteiger partial charge >= 0.3 is 12.1 Å². The summed E-state index contributed by atoms with van der Waals surface area (Å²) in [4.78, 5) is 25.4. The molecule has 6 nitrogen and oxygen atoms in total. The molecule has 1 aliphatic rings. The molecule has 0 aromatic heterocycles. The number of rotatable bonds is 7. The van der Waals surface area contributed by atoms with Gasteiger partial charge in [0.05, 0.1) is 12.0 Å². The second-order valence-corrected chi connectivity index (χ2v) is 6.06. The number of nitrogens with one attached hydrogen (secondary N) is 1. The van der Waals surface area contributed by atoms with Gasteiger partial charge in [-0.15, -0.1) is 0 Å². The fourth-order valence-corrected chi connectivity index (χ4v) is 3.02. The molecule has 2 rings (SSSR count). The summed E-state index contributed by atoms with van der Waals surface area (Å²) in [5, 5.41) is 12.0. The van der Waals surface area contributed by atoms with Crippen LogP contribution in [0.3, 0.4) is 0 Å². The smallest absolute Gasteiger partial charge is 0.407 e. The van der Waals surface area contributed by atoms with Crippen LogP contribution in [0.2, 0.25) is 0 Å². The van der Waals surface area contributed by atoms with E-state index in [2.05, 4.69) is 17.1 Å². The van der Waals surface area contributed by atoms with Gasteiger partial charge in [0.25, 0.3) is 0 Å². The number of aliphatic carboxylic acids is 1. The van der Waals surface area contributed by atoms with E-state index in [9.17, 15) is 9.59 Å². The molecule has 23 heavy (non-hydrogen) atoms. The summed E-state index contributed by atoms with van der Waals surface area (Å²) in [6.45, 7) is 4.50. The summed E-state index contributed by atoms with van der Waals surface area (Å²) in [5.41, 5.74) is 0.156. The first kappa shape index (κ1) is 17.3. The minimum atomic E-state index is -0.910. The molecule has 1 aromatic rings. The Morgan fingerprint density at radius 3 is 2.74 bits per heavy atom. The molecule has 1 aromatic carbocycles. The van der Waals surface area contributed by atoms with Crippen molar-refractivity contribution in [1.82, 2.24) is 10.2 Å². The van der Waals surface area contributed by atoms with Gasteiger partial charge in [-0.05, 0) is 24.9 Å². The van der Waals surface area contributed by atoms with Crippen molar-refractivity contribution < 1.29 is 19.4 Å². The number of hydrogen-bond acceptors (Lipinski definition) is 4. The van der Waals surface area contributed by atoms with Gasteiger partial charge in [0.15, 0.2) is 0 Å². The Kier molecular flexibility index (Phi) is 5.98. The number of benzene rings is 1. The first-order chi connectivity index (χ1) is 11.0. The average Bonchev–Trinajstić information content (AvgIpc) is 2.88. The van der Waals surface area contributed by atoms with Crippen LogP contribution in [0.1, 0.15) is 31.7 Å². The van der Waals surface area contributed by atoms with E-state index in [0.717, 1.165) is 25.1 Å². The second kappa shape index (κ2) is 7.97. The predicted octanol–water partition coefficient (Wildman–Crippen LogP) is 2.24. The lowest BCUT2D eigenvalue weighted by Gasteiger charge is -2.28. The molecule has 0 radical (unpaired) electrons. The van der Waals surface area contributed by atoms with Crippen molar-refractivity contribution in [2.24, 2.45) is 0 Å². The average molecular weight is 320 g/mol. The van der Waals surface area contributed by atoms with Gasteiger partial charge in [-0.25, -0.2) is 4.79 Å². The number of amides is 1. The molecule has 1 aliphatic heterocycles. The van der Waals surface area contributed by atoms with Crippen molar-refractivity contribution in [1.29, 1.82) is 0 Å². The molecule has 1 fully saturated rings. The Balaban J connectivity index is 1.92. The zero-order valence-electron chi connectivity index (χ0n) is 13.5. The van der Waals surface area contributed by atoms with Crippen LogP contribution in [-0.2, 0) is 16.1 Å². The van der Waals surface area contributed by atoms with E-state index < -0.39 is 17.6 Å². The third-order valence-electron chi connectivity index (χ3n) is 4.04. The maximum atomic E-state index is 12.1.